The Labute approximate surface area is 171 Å². The molecule has 3 aromatic rings. The minimum absolute atomic E-state index is 0.0813. The van der Waals surface area contributed by atoms with Crippen molar-refractivity contribution in [3.8, 4) is 16.9 Å². The molecule has 150 valence electrons. The molecule has 1 amide bonds. The van der Waals surface area contributed by atoms with Crippen LogP contribution >= 0.6 is 0 Å². The average Bonchev–Trinajstić information content (AvgIpc) is 3.28. The second kappa shape index (κ2) is 8.52. The van der Waals surface area contributed by atoms with Crippen LogP contribution in [0.4, 0.5) is 0 Å². The van der Waals surface area contributed by atoms with Crippen molar-refractivity contribution >= 4 is 5.91 Å². The molecule has 1 saturated heterocycles. The Morgan fingerprint density at radius 3 is 2.79 bits per heavy atom. The summed E-state index contributed by atoms with van der Waals surface area (Å²) >= 11 is 0. The smallest absolute Gasteiger partial charge is 0.254 e. The molecular formula is C24H27N3O2. The van der Waals surface area contributed by atoms with E-state index in [-0.39, 0.29) is 11.9 Å². The summed E-state index contributed by atoms with van der Waals surface area (Å²) in [6, 6.07) is 16.0. The molecule has 0 saturated carbocycles. The van der Waals surface area contributed by atoms with Gasteiger partial charge in [-0.1, -0.05) is 24.3 Å². The van der Waals surface area contributed by atoms with Crippen molar-refractivity contribution in [1.29, 1.82) is 0 Å². The number of piperidine rings is 1. The summed E-state index contributed by atoms with van der Waals surface area (Å²) in [6.45, 7) is 3.67. The molecule has 5 heteroatoms. The fourth-order valence-electron chi connectivity index (χ4n) is 4.05. The van der Waals surface area contributed by atoms with E-state index in [0.29, 0.717) is 0 Å². The number of methoxy groups -OCH3 is 1. The van der Waals surface area contributed by atoms with Gasteiger partial charge in [0, 0.05) is 30.4 Å². The normalized spacial score (nSPS) is 16.6. The van der Waals surface area contributed by atoms with Gasteiger partial charge >= 0.3 is 0 Å². The summed E-state index contributed by atoms with van der Waals surface area (Å²) in [5, 5.41) is 4.35. The van der Waals surface area contributed by atoms with Crippen molar-refractivity contribution in [2.75, 3.05) is 13.7 Å². The molecule has 1 aliphatic rings. The molecule has 29 heavy (non-hydrogen) atoms. The lowest BCUT2D eigenvalue weighted by Gasteiger charge is -2.36. The molecule has 0 aliphatic carbocycles. The predicted octanol–water partition coefficient (Wildman–Crippen LogP) is 4.95. The van der Waals surface area contributed by atoms with Crippen LogP contribution in [0.3, 0.4) is 0 Å². The molecule has 0 bridgehead atoms. The number of ether oxygens (including phenoxy) is 1. The lowest BCUT2D eigenvalue weighted by molar-refractivity contribution is 0.0611. The second-order valence-electron chi connectivity index (χ2n) is 7.45. The molecule has 0 N–H and O–H groups in total. The van der Waals surface area contributed by atoms with Crippen LogP contribution in [-0.4, -0.2) is 34.2 Å². The summed E-state index contributed by atoms with van der Waals surface area (Å²) in [5.74, 6) is 0.914. The summed E-state index contributed by atoms with van der Waals surface area (Å²) in [5.41, 5.74) is 3.91. The Balaban J connectivity index is 1.62. The molecule has 4 rings (SSSR count). The topological polar surface area (TPSA) is 47.4 Å². The zero-order valence-corrected chi connectivity index (χ0v) is 17.0. The fraction of sp³-hybridized carbons (Fsp3) is 0.333. The number of aromatic nitrogens is 2. The van der Waals surface area contributed by atoms with Crippen LogP contribution in [0.2, 0.25) is 0 Å². The van der Waals surface area contributed by atoms with Crippen LogP contribution in [0.1, 0.15) is 48.1 Å². The van der Waals surface area contributed by atoms with Crippen LogP contribution in [0.5, 0.6) is 5.75 Å². The number of benzene rings is 2. The Bertz CT molecular complexity index is 995. The fourth-order valence-corrected chi connectivity index (χ4v) is 4.05. The maximum atomic E-state index is 13.5. The largest absolute Gasteiger partial charge is 0.497 e. The maximum Gasteiger partial charge on any atom is 0.254 e. The van der Waals surface area contributed by atoms with Crippen LogP contribution in [-0.2, 0) is 6.54 Å². The highest BCUT2D eigenvalue weighted by Crippen LogP contribution is 2.34. The maximum absolute atomic E-state index is 13.5. The molecule has 5 nitrogen and oxygen atoms in total. The lowest BCUT2D eigenvalue weighted by atomic mass is 9.94. The summed E-state index contributed by atoms with van der Waals surface area (Å²) in [6.07, 6.45) is 7.01. The third kappa shape index (κ3) is 4.04. The molecule has 0 unspecified atom stereocenters. The first-order valence-electron chi connectivity index (χ1n) is 10.3. The van der Waals surface area contributed by atoms with Crippen molar-refractivity contribution in [1.82, 2.24) is 14.7 Å². The highest BCUT2D eigenvalue weighted by Gasteiger charge is 2.29. The molecule has 2 aromatic carbocycles. The van der Waals surface area contributed by atoms with Gasteiger partial charge in [-0.2, -0.15) is 5.10 Å². The number of carbonyl (C=O) groups is 1. The zero-order chi connectivity index (χ0) is 20.2. The lowest BCUT2D eigenvalue weighted by Crippen LogP contribution is -2.38. The predicted molar refractivity (Wildman–Crippen MR) is 114 cm³/mol. The van der Waals surface area contributed by atoms with Gasteiger partial charge in [-0.25, -0.2) is 0 Å². The number of amides is 1. The molecule has 1 aromatic heterocycles. The standard InChI is InChI=1S/C24H27N3O2/c1-3-26-17-21(16-25-26)18-8-6-10-20(14-18)24(28)27-13-5-4-12-23(27)19-9-7-11-22(15-19)29-2/h6-11,14-17,23H,3-5,12-13H2,1-2H3/t23-/m0/s1. The van der Waals surface area contributed by atoms with E-state index in [1.165, 1.54) is 0 Å². The first kappa shape index (κ1) is 19.2. The second-order valence-corrected chi connectivity index (χ2v) is 7.45. The average molecular weight is 389 g/mol. The van der Waals surface area contributed by atoms with E-state index >= 15 is 0 Å². The van der Waals surface area contributed by atoms with Crippen LogP contribution in [0.25, 0.3) is 11.1 Å². The molecule has 1 aliphatic heterocycles. The number of rotatable bonds is 5. The van der Waals surface area contributed by atoms with E-state index in [1.54, 1.807) is 7.11 Å². The molecule has 0 radical (unpaired) electrons. The Hall–Kier alpha value is -3.08. The van der Waals surface area contributed by atoms with Crippen molar-refractivity contribution in [3.63, 3.8) is 0 Å². The van der Waals surface area contributed by atoms with Gasteiger partial charge in [-0.05, 0) is 61.6 Å². The number of aryl methyl sites for hydroxylation is 1. The monoisotopic (exact) mass is 389 g/mol. The Kier molecular flexibility index (Phi) is 5.65. The van der Waals surface area contributed by atoms with E-state index < -0.39 is 0 Å². The van der Waals surface area contributed by atoms with Crippen molar-refractivity contribution in [3.05, 3.63) is 72.1 Å². The molecule has 2 heterocycles. The Morgan fingerprint density at radius 1 is 1.14 bits per heavy atom. The van der Waals surface area contributed by atoms with Crippen LogP contribution in [0, 0.1) is 0 Å². The van der Waals surface area contributed by atoms with E-state index in [1.807, 2.05) is 64.4 Å². The van der Waals surface area contributed by atoms with Crippen molar-refractivity contribution in [2.45, 2.75) is 38.8 Å². The van der Waals surface area contributed by atoms with Gasteiger partial charge < -0.3 is 9.64 Å². The number of likely N-dealkylation sites (tertiary alicyclic amines) is 1. The SMILES string of the molecule is CCn1cc(-c2cccc(C(=O)N3CCCC[C@H]3c3cccc(OC)c3)c2)cn1. The minimum atomic E-state index is 0.0813. The van der Waals surface area contributed by atoms with Crippen molar-refractivity contribution < 1.29 is 9.53 Å². The number of hydrogen-bond donors (Lipinski definition) is 0. The highest BCUT2D eigenvalue weighted by molar-refractivity contribution is 5.95. The van der Waals surface area contributed by atoms with Gasteiger partial charge in [0.2, 0.25) is 0 Å². The van der Waals surface area contributed by atoms with Gasteiger partial charge in [-0.3, -0.25) is 9.48 Å². The van der Waals surface area contributed by atoms with E-state index in [2.05, 4.69) is 18.1 Å². The van der Waals surface area contributed by atoms with Gasteiger partial charge in [0.05, 0.1) is 19.3 Å². The molecule has 1 atom stereocenters. The number of hydrogen-bond acceptors (Lipinski definition) is 3. The van der Waals surface area contributed by atoms with Crippen LogP contribution < -0.4 is 4.74 Å². The number of nitrogens with zero attached hydrogens (tertiary/aromatic N) is 3. The van der Waals surface area contributed by atoms with Crippen molar-refractivity contribution in [2.24, 2.45) is 0 Å². The van der Waals surface area contributed by atoms with Gasteiger partial charge in [0.25, 0.3) is 5.91 Å². The molecule has 1 fully saturated rings. The quantitative estimate of drug-likeness (QED) is 0.621. The van der Waals surface area contributed by atoms with E-state index in [4.69, 9.17) is 4.74 Å². The molecule has 0 spiro atoms. The van der Waals surface area contributed by atoms with E-state index in [9.17, 15) is 4.79 Å². The Morgan fingerprint density at radius 2 is 2.00 bits per heavy atom. The van der Waals surface area contributed by atoms with Crippen LogP contribution in [0.15, 0.2) is 60.9 Å². The first-order chi connectivity index (χ1) is 14.2. The zero-order valence-electron chi connectivity index (χ0n) is 17.0. The summed E-state index contributed by atoms with van der Waals surface area (Å²) < 4.78 is 7.29. The third-order valence-corrected chi connectivity index (χ3v) is 5.64. The van der Waals surface area contributed by atoms with Gasteiger partial charge in [0.1, 0.15) is 5.75 Å². The highest BCUT2D eigenvalue weighted by atomic mass is 16.5. The third-order valence-electron chi connectivity index (χ3n) is 5.64. The number of carbonyl (C=O) groups excluding carboxylic acids is 1. The summed E-state index contributed by atoms with van der Waals surface area (Å²) in [7, 11) is 1.68. The van der Waals surface area contributed by atoms with Gasteiger partial charge in [0.15, 0.2) is 0 Å². The summed E-state index contributed by atoms with van der Waals surface area (Å²) in [4.78, 5) is 15.5. The van der Waals surface area contributed by atoms with E-state index in [0.717, 1.165) is 60.4 Å². The molecular weight excluding hydrogens is 362 g/mol. The minimum Gasteiger partial charge on any atom is -0.497 e. The van der Waals surface area contributed by atoms with Gasteiger partial charge in [-0.15, -0.1) is 0 Å². The first-order valence-corrected chi connectivity index (χ1v) is 10.3.